The fourth-order valence-electron chi connectivity index (χ4n) is 4.49. The lowest BCUT2D eigenvalue weighted by atomic mass is 9.95. The topological polar surface area (TPSA) is 73.5 Å². The van der Waals surface area contributed by atoms with Crippen LogP contribution in [0.5, 0.6) is 0 Å². The third-order valence-corrected chi connectivity index (χ3v) is 8.30. The molecule has 0 saturated heterocycles. The van der Waals surface area contributed by atoms with Gasteiger partial charge in [-0.25, -0.2) is 12.7 Å². The number of nitrogens with zero attached hydrogens (tertiary/aromatic N) is 1. The van der Waals surface area contributed by atoms with Crippen molar-refractivity contribution in [1.82, 2.24) is 20.3 Å². The van der Waals surface area contributed by atoms with E-state index >= 15 is 0 Å². The van der Waals surface area contributed by atoms with Crippen molar-refractivity contribution in [1.29, 1.82) is 0 Å². The standard InChI is InChI=1S/C23H40N4O2S/c1-27(18-6-5-13-24-16-17-26-22-7-3-2-4-8-22)30(28,29)23-10-9-20-11-14-25-15-12-21(20)19-23/h9-10,19,22,24-26H,2-8,11-18H2,1H3. The highest BCUT2D eigenvalue weighted by molar-refractivity contribution is 7.89. The lowest BCUT2D eigenvalue weighted by Gasteiger charge is -2.22. The number of unbranched alkanes of at least 4 members (excludes halogenated alkanes) is 1. The van der Waals surface area contributed by atoms with Gasteiger partial charge in [0.2, 0.25) is 10.0 Å². The van der Waals surface area contributed by atoms with E-state index in [1.807, 2.05) is 12.1 Å². The molecule has 0 unspecified atom stereocenters. The van der Waals surface area contributed by atoms with Gasteiger partial charge in [0.1, 0.15) is 0 Å². The van der Waals surface area contributed by atoms with Crippen molar-refractivity contribution >= 4 is 10.0 Å². The Morgan fingerprint density at radius 2 is 1.77 bits per heavy atom. The Bertz CT molecular complexity index is 748. The molecule has 0 bridgehead atoms. The highest BCUT2D eigenvalue weighted by Gasteiger charge is 2.22. The number of hydrogen-bond acceptors (Lipinski definition) is 5. The van der Waals surface area contributed by atoms with Crippen molar-refractivity contribution in [3.63, 3.8) is 0 Å². The molecule has 170 valence electrons. The smallest absolute Gasteiger partial charge is 0.242 e. The van der Waals surface area contributed by atoms with Gasteiger partial charge >= 0.3 is 0 Å². The summed E-state index contributed by atoms with van der Waals surface area (Å²) in [5, 5.41) is 10.5. The number of hydrogen-bond donors (Lipinski definition) is 3. The van der Waals surface area contributed by atoms with Gasteiger partial charge in [0.15, 0.2) is 0 Å². The highest BCUT2D eigenvalue weighted by Crippen LogP contribution is 2.21. The predicted octanol–water partition coefficient (Wildman–Crippen LogP) is 2.29. The molecule has 2 aliphatic rings. The summed E-state index contributed by atoms with van der Waals surface area (Å²) in [5.41, 5.74) is 2.44. The maximum absolute atomic E-state index is 12.9. The van der Waals surface area contributed by atoms with Crippen molar-refractivity contribution in [2.45, 2.75) is 68.7 Å². The van der Waals surface area contributed by atoms with E-state index in [0.29, 0.717) is 17.5 Å². The van der Waals surface area contributed by atoms with E-state index in [1.165, 1.54) is 47.5 Å². The molecule has 1 aliphatic carbocycles. The van der Waals surface area contributed by atoms with Crippen LogP contribution in [0.3, 0.4) is 0 Å². The minimum Gasteiger partial charge on any atom is -0.316 e. The minimum atomic E-state index is -3.42. The number of sulfonamides is 1. The Morgan fingerprint density at radius 3 is 2.57 bits per heavy atom. The van der Waals surface area contributed by atoms with Gasteiger partial charge in [0.05, 0.1) is 4.90 Å². The summed E-state index contributed by atoms with van der Waals surface area (Å²) in [5.74, 6) is 0. The Hall–Kier alpha value is -0.990. The molecule has 1 aromatic carbocycles. The van der Waals surface area contributed by atoms with Crippen LogP contribution in [0.1, 0.15) is 56.1 Å². The maximum Gasteiger partial charge on any atom is 0.242 e. The average Bonchev–Trinajstić information content (AvgIpc) is 3.01. The van der Waals surface area contributed by atoms with Crippen LogP contribution >= 0.6 is 0 Å². The van der Waals surface area contributed by atoms with Gasteiger partial charge in [-0.15, -0.1) is 0 Å². The van der Waals surface area contributed by atoms with Gasteiger partial charge in [0, 0.05) is 32.7 Å². The van der Waals surface area contributed by atoms with Crippen LogP contribution in [-0.4, -0.2) is 65.1 Å². The number of fused-ring (bicyclic) bond motifs is 1. The van der Waals surface area contributed by atoms with Crippen LogP contribution < -0.4 is 16.0 Å². The molecular weight excluding hydrogens is 396 g/mol. The lowest BCUT2D eigenvalue weighted by Crippen LogP contribution is -2.36. The maximum atomic E-state index is 12.9. The second-order valence-corrected chi connectivity index (χ2v) is 10.8. The van der Waals surface area contributed by atoms with Crippen molar-refractivity contribution in [3.05, 3.63) is 29.3 Å². The van der Waals surface area contributed by atoms with E-state index in [2.05, 4.69) is 16.0 Å². The Balaban J connectivity index is 1.34. The third-order valence-electron chi connectivity index (χ3n) is 6.44. The van der Waals surface area contributed by atoms with Crippen LogP contribution in [0.15, 0.2) is 23.1 Å². The van der Waals surface area contributed by atoms with Gasteiger partial charge < -0.3 is 16.0 Å². The van der Waals surface area contributed by atoms with E-state index in [4.69, 9.17) is 0 Å². The van der Waals surface area contributed by atoms with Gasteiger partial charge in [0.25, 0.3) is 0 Å². The lowest BCUT2D eigenvalue weighted by molar-refractivity contribution is 0.372. The van der Waals surface area contributed by atoms with Gasteiger partial charge in [-0.1, -0.05) is 25.3 Å². The van der Waals surface area contributed by atoms with E-state index < -0.39 is 10.0 Å². The second-order valence-electron chi connectivity index (χ2n) is 8.75. The molecular formula is C23H40N4O2S. The summed E-state index contributed by atoms with van der Waals surface area (Å²) >= 11 is 0. The molecule has 6 nitrogen and oxygen atoms in total. The van der Waals surface area contributed by atoms with Crippen LogP contribution in [0, 0.1) is 0 Å². The average molecular weight is 437 g/mol. The van der Waals surface area contributed by atoms with Crippen LogP contribution in [-0.2, 0) is 22.9 Å². The Labute approximate surface area is 183 Å². The van der Waals surface area contributed by atoms with E-state index in [1.54, 1.807) is 13.1 Å². The normalized spacial score (nSPS) is 18.3. The minimum absolute atomic E-state index is 0.428. The zero-order valence-corrected chi connectivity index (χ0v) is 19.4. The molecule has 30 heavy (non-hydrogen) atoms. The third kappa shape index (κ3) is 7.02. The van der Waals surface area contributed by atoms with E-state index in [9.17, 15) is 8.42 Å². The molecule has 1 heterocycles. The summed E-state index contributed by atoms with van der Waals surface area (Å²) in [4.78, 5) is 0.428. The molecule has 1 aromatic rings. The first-order valence-corrected chi connectivity index (χ1v) is 13.2. The van der Waals surface area contributed by atoms with Crippen molar-refractivity contribution in [3.8, 4) is 0 Å². The number of rotatable bonds is 11. The largest absolute Gasteiger partial charge is 0.316 e. The van der Waals surface area contributed by atoms with Crippen LogP contribution in [0.4, 0.5) is 0 Å². The molecule has 0 radical (unpaired) electrons. The molecule has 0 spiro atoms. The highest BCUT2D eigenvalue weighted by atomic mass is 32.2. The van der Waals surface area contributed by atoms with Crippen LogP contribution in [0.2, 0.25) is 0 Å². The summed E-state index contributed by atoms with van der Waals surface area (Å²) in [6.45, 7) is 5.37. The molecule has 1 aliphatic heterocycles. The van der Waals surface area contributed by atoms with Crippen molar-refractivity contribution in [2.24, 2.45) is 0 Å². The predicted molar refractivity (Wildman–Crippen MR) is 124 cm³/mol. The van der Waals surface area contributed by atoms with Crippen LogP contribution in [0.25, 0.3) is 0 Å². The first-order chi connectivity index (χ1) is 14.6. The first-order valence-electron chi connectivity index (χ1n) is 11.8. The fraction of sp³-hybridized carbons (Fsp3) is 0.739. The van der Waals surface area contributed by atoms with Crippen molar-refractivity contribution in [2.75, 3.05) is 46.3 Å². The van der Waals surface area contributed by atoms with Crippen molar-refractivity contribution < 1.29 is 8.42 Å². The zero-order chi connectivity index (χ0) is 21.2. The second kappa shape index (κ2) is 12.2. The molecule has 0 atom stereocenters. The molecule has 3 rings (SSSR count). The molecule has 0 amide bonds. The molecule has 1 saturated carbocycles. The summed E-state index contributed by atoms with van der Waals surface area (Å²) in [6.07, 6.45) is 10.5. The zero-order valence-electron chi connectivity index (χ0n) is 18.6. The molecule has 0 aromatic heterocycles. The Kier molecular flexibility index (Phi) is 9.59. The molecule has 3 N–H and O–H groups in total. The summed E-state index contributed by atoms with van der Waals surface area (Å²) in [7, 11) is -1.72. The molecule has 7 heteroatoms. The quantitative estimate of drug-likeness (QED) is 0.464. The first kappa shape index (κ1) is 23.7. The SMILES string of the molecule is CN(CCCCNCCNC1CCCCC1)S(=O)(=O)c1ccc2c(c1)CCNCC2. The number of nitrogens with one attached hydrogen (secondary N) is 3. The van der Waals surface area contributed by atoms with Gasteiger partial charge in [-0.2, -0.15) is 0 Å². The van der Waals surface area contributed by atoms with Gasteiger partial charge in [-0.3, -0.25) is 0 Å². The van der Waals surface area contributed by atoms with E-state index in [-0.39, 0.29) is 0 Å². The summed E-state index contributed by atoms with van der Waals surface area (Å²) in [6, 6.07) is 6.36. The summed E-state index contributed by atoms with van der Waals surface area (Å²) < 4.78 is 27.4. The fourth-order valence-corrected chi connectivity index (χ4v) is 5.75. The van der Waals surface area contributed by atoms with E-state index in [0.717, 1.165) is 58.4 Å². The monoisotopic (exact) mass is 436 g/mol. The Morgan fingerprint density at radius 1 is 1.00 bits per heavy atom. The van der Waals surface area contributed by atoms with Gasteiger partial charge in [-0.05, 0) is 81.4 Å². The molecule has 1 fully saturated rings. The number of benzene rings is 1.